The molecule has 4 heteroatoms. The van der Waals surface area contributed by atoms with Crippen LogP contribution in [0.3, 0.4) is 0 Å². The fourth-order valence-electron chi connectivity index (χ4n) is 1.91. The first-order valence-corrected chi connectivity index (χ1v) is 9.01. The van der Waals surface area contributed by atoms with Gasteiger partial charge in [-0.05, 0) is 46.8 Å². The average molecular weight is 249 g/mol. The number of hydrogen-bond acceptors (Lipinski definition) is 2. The van der Waals surface area contributed by atoms with Crippen molar-refractivity contribution in [3.05, 3.63) is 0 Å². The molecule has 0 amide bonds. The van der Waals surface area contributed by atoms with Crippen LogP contribution >= 0.6 is 11.3 Å². The largest absolute Gasteiger partial charge is 0.265 e. The van der Waals surface area contributed by atoms with E-state index in [2.05, 4.69) is 55.7 Å². The van der Waals surface area contributed by atoms with Gasteiger partial charge in [0, 0.05) is 11.1 Å². The Kier molecular flexibility index (Phi) is 3.97. The molecule has 0 bridgehead atoms. The zero-order valence-corrected chi connectivity index (χ0v) is 13.8. The van der Waals surface area contributed by atoms with Crippen LogP contribution in [0.15, 0.2) is 0 Å². The van der Waals surface area contributed by atoms with Gasteiger partial charge in [-0.3, -0.25) is 7.94 Å². The first-order chi connectivity index (χ1) is 6.76. The zero-order valence-electron chi connectivity index (χ0n) is 11.5. The van der Waals surface area contributed by atoms with Crippen LogP contribution in [0.2, 0.25) is 0 Å². The molecule has 0 unspecified atom stereocenters. The summed E-state index contributed by atoms with van der Waals surface area (Å²) in [6.07, 6.45) is 4.97. The molecule has 1 aliphatic rings. The molecule has 0 N–H and O–H groups in total. The van der Waals surface area contributed by atoms with Crippen LogP contribution in [0, 0.1) is 0 Å². The highest BCUT2D eigenvalue weighted by atomic mass is 32.2. The Balaban J connectivity index is 2.63. The summed E-state index contributed by atoms with van der Waals surface area (Å²) in [6, 6.07) is 0. The molecule has 0 aromatic carbocycles. The first-order valence-electron chi connectivity index (χ1n) is 6.05. The van der Waals surface area contributed by atoms with Crippen molar-refractivity contribution in [2.24, 2.45) is 0 Å². The standard InChI is InChI=1S/C11H28N2SSi/c1-8-10(3,4)12-14(7)13(15-12)11(5,6)9-2/h14H,8-9,15H2,1-7H3. The van der Waals surface area contributed by atoms with Crippen molar-refractivity contribution in [2.45, 2.75) is 65.5 Å². The summed E-state index contributed by atoms with van der Waals surface area (Å²) in [5, 5.41) is 0. The van der Waals surface area contributed by atoms with E-state index in [0.717, 1.165) is 0 Å². The van der Waals surface area contributed by atoms with Crippen LogP contribution in [-0.2, 0) is 0 Å². The number of hydrogen-bond donors (Lipinski definition) is 1. The van der Waals surface area contributed by atoms with E-state index in [4.69, 9.17) is 0 Å². The number of rotatable bonds is 4. The lowest BCUT2D eigenvalue weighted by molar-refractivity contribution is 0.243. The quantitative estimate of drug-likeness (QED) is 0.603. The maximum Gasteiger partial charge on any atom is 0.193 e. The fraction of sp³-hybridized carbons (Fsp3) is 1.00. The second kappa shape index (κ2) is 4.39. The maximum absolute atomic E-state index is 2.81. The van der Waals surface area contributed by atoms with E-state index in [0.29, 0.717) is 11.1 Å². The van der Waals surface area contributed by atoms with Gasteiger partial charge in [-0.25, -0.2) is 0 Å². The highest BCUT2D eigenvalue weighted by molar-refractivity contribution is 8.16. The minimum atomic E-state index is -0.149. The molecule has 0 radical (unpaired) electrons. The van der Waals surface area contributed by atoms with E-state index in [9.17, 15) is 0 Å². The highest BCUT2D eigenvalue weighted by Crippen LogP contribution is 2.50. The number of nitrogens with zero attached hydrogens (tertiary/aromatic N) is 2. The van der Waals surface area contributed by atoms with Crippen LogP contribution in [0.1, 0.15) is 54.4 Å². The number of thiol groups is 1. The smallest absolute Gasteiger partial charge is 0.193 e. The predicted molar refractivity (Wildman–Crippen MR) is 75.9 cm³/mol. The van der Waals surface area contributed by atoms with Gasteiger partial charge in [-0.1, -0.05) is 13.8 Å². The minimum absolute atomic E-state index is 0.00386. The Morgan fingerprint density at radius 3 is 1.47 bits per heavy atom. The van der Waals surface area contributed by atoms with Crippen LogP contribution in [0.5, 0.6) is 0 Å². The first kappa shape index (κ1) is 13.6. The van der Waals surface area contributed by atoms with Gasteiger partial charge in [0.25, 0.3) is 0 Å². The Hall–Kier alpha value is 0.487. The maximum atomic E-state index is 2.81. The molecule has 0 spiro atoms. The van der Waals surface area contributed by atoms with Gasteiger partial charge in [0.15, 0.2) is 9.84 Å². The molecule has 0 aromatic rings. The molecule has 1 fully saturated rings. The Bertz CT molecular complexity index is 209. The van der Waals surface area contributed by atoms with Crippen molar-refractivity contribution in [1.29, 1.82) is 0 Å². The summed E-state index contributed by atoms with van der Waals surface area (Å²) in [6.45, 7) is 14.2. The molecule has 15 heavy (non-hydrogen) atoms. The molecule has 92 valence electrons. The molecule has 1 aliphatic heterocycles. The van der Waals surface area contributed by atoms with E-state index in [-0.39, 0.29) is 21.1 Å². The zero-order chi connectivity index (χ0) is 11.9. The minimum Gasteiger partial charge on any atom is -0.265 e. The van der Waals surface area contributed by atoms with Crippen molar-refractivity contribution in [3.63, 3.8) is 0 Å². The Labute approximate surface area is 101 Å². The molecule has 1 heterocycles. The monoisotopic (exact) mass is 248 g/mol. The predicted octanol–water partition coefficient (Wildman–Crippen LogP) is 2.44. The van der Waals surface area contributed by atoms with E-state index in [1.807, 2.05) is 0 Å². The normalized spacial score (nSPS) is 29.4. The van der Waals surface area contributed by atoms with Crippen LogP contribution in [0.4, 0.5) is 0 Å². The molecule has 2 nitrogen and oxygen atoms in total. The van der Waals surface area contributed by atoms with Crippen molar-refractivity contribution in [2.75, 3.05) is 6.26 Å². The van der Waals surface area contributed by atoms with Gasteiger partial charge in [-0.15, -0.1) is 0 Å². The van der Waals surface area contributed by atoms with E-state index in [1.54, 1.807) is 0 Å². The average Bonchev–Trinajstić information content (AvgIpc) is 2.14. The van der Waals surface area contributed by atoms with Crippen LogP contribution < -0.4 is 0 Å². The van der Waals surface area contributed by atoms with E-state index >= 15 is 0 Å². The van der Waals surface area contributed by atoms with Crippen LogP contribution in [0.25, 0.3) is 0 Å². The van der Waals surface area contributed by atoms with Gasteiger partial charge in [0.1, 0.15) is 0 Å². The fourth-order valence-corrected chi connectivity index (χ4v) is 7.61. The molecular formula is C11H28N2SSi. The highest BCUT2D eigenvalue weighted by Gasteiger charge is 2.44. The summed E-state index contributed by atoms with van der Waals surface area (Å²) >= 11 is -0.00386. The summed E-state index contributed by atoms with van der Waals surface area (Å²) in [5.74, 6) is 0. The lowest BCUT2D eigenvalue weighted by Crippen LogP contribution is -2.65. The Morgan fingerprint density at radius 2 is 1.27 bits per heavy atom. The summed E-state index contributed by atoms with van der Waals surface area (Å²) in [5.41, 5.74) is 0.875. The third-order valence-electron chi connectivity index (χ3n) is 4.09. The van der Waals surface area contributed by atoms with Gasteiger partial charge in [-0.2, -0.15) is 11.3 Å². The molecule has 1 rings (SSSR count). The lowest BCUT2D eigenvalue weighted by atomic mass is 10.0. The second-order valence-corrected chi connectivity index (χ2v) is 10.3. The van der Waals surface area contributed by atoms with Gasteiger partial charge in [0.05, 0.1) is 0 Å². The Morgan fingerprint density at radius 1 is 0.933 bits per heavy atom. The molecular weight excluding hydrogens is 220 g/mol. The lowest BCUT2D eigenvalue weighted by Gasteiger charge is -2.63. The van der Waals surface area contributed by atoms with Gasteiger partial charge in [0.2, 0.25) is 0 Å². The van der Waals surface area contributed by atoms with Crippen molar-refractivity contribution >= 4 is 21.1 Å². The van der Waals surface area contributed by atoms with Crippen molar-refractivity contribution in [1.82, 2.24) is 7.94 Å². The molecule has 0 aliphatic carbocycles. The summed E-state index contributed by atoms with van der Waals surface area (Å²) in [7, 11) is -0.149. The molecule has 0 saturated carbocycles. The van der Waals surface area contributed by atoms with Crippen LogP contribution in [-0.4, -0.2) is 35.1 Å². The van der Waals surface area contributed by atoms with Gasteiger partial charge >= 0.3 is 0 Å². The van der Waals surface area contributed by atoms with E-state index in [1.165, 1.54) is 12.8 Å². The topological polar surface area (TPSA) is 6.48 Å². The molecule has 1 saturated heterocycles. The third-order valence-corrected chi connectivity index (χ3v) is 12.0. The SMILES string of the molecule is CCC(C)(C)N1[SiH2]N(C(C)(C)CC)[SH]1C. The summed E-state index contributed by atoms with van der Waals surface area (Å²) in [4.78, 5) is 0. The summed E-state index contributed by atoms with van der Waals surface area (Å²) < 4.78 is 5.61. The van der Waals surface area contributed by atoms with E-state index < -0.39 is 0 Å². The van der Waals surface area contributed by atoms with Gasteiger partial charge < -0.3 is 0 Å². The van der Waals surface area contributed by atoms with Crippen molar-refractivity contribution < 1.29 is 0 Å². The third kappa shape index (κ3) is 2.43. The second-order valence-electron chi connectivity index (χ2n) is 5.76. The molecule has 0 atom stereocenters. The molecule has 0 aromatic heterocycles. The van der Waals surface area contributed by atoms with Crippen molar-refractivity contribution in [3.8, 4) is 0 Å².